The molecule has 0 N–H and O–H groups in total. The lowest BCUT2D eigenvalue weighted by Crippen LogP contribution is -2.37. The fraction of sp³-hybridized carbons (Fsp3) is 0.533. The molecule has 0 radical (unpaired) electrons. The van der Waals surface area contributed by atoms with Crippen LogP contribution in [-0.4, -0.2) is 23.9 Å². The molecule has 1 amide bonds. The Kier molecular flexibility index (Phi) is 5.28. The third-order valence-corrected chi connectivity index (χ3v) is 4.54. The zero-order valence-corrected chi connectivity index (χ0v) is 13.0. The Labute approximate surface area is 128 Å². The van der Waals surface area contributed by atoms with Crippen molar-refractivity contribution in [2.24, 2.45) is 0 Å². The van der Waals surface area contributed by atoms with Crippen LogP contribution in [0, 0.1) is 5.82 Å². The second kappa shape index (κ2) is 6.77. The van der Waals surface area contributed by atoms with E-state index in [1.54, 1.807) is 11.9 Å². The average molecular weight is 318 g/mol. The predicted octanol–water partition coefficient (Wildman–Crippen LogP) is 4.93. The molecule has 0 spiro atoms. The number of hydrogen-bond donors (Lipinski definition) is 0. The highest BCUT2D eigenvalue weighted by molar-refractivity contribution is 6.36. The Morgan fingerprint density at radius 1 is 1.15 bits per heavy atom. The molecule has 0 heterocycles. The molecule has 2 rings (SSSR count). The van der Waals surface area contributed by atoms with E-state index in [1.807, 2.05) is 0 Å². The first-order valence-corrected chi connectivity index (χ1v) is 7.68. The minimum atomic E-state index is -0.617. The van der Waals surface area contributed by atoms with Gasteiger partial charge in [0.05, 0.1) is 15.6 Å². The molecular weight excluding hydrogens is 300 g/mol. The fourth-order valence-corrected chi connectivity index (χ4v) is 3.15. The van der Waals surface area contributed by atoms with E-state index in [1.165, 1.54) is 18.9 Å². The number of nitrogens with zero attached hydrogens (tertiary/aromatic N) is 1. The van der Waals surface area contributed by atoms with Gasteiger partial charge in [0.1, 0.15) is 5.82 Å². The molecule has 2 nitrogen and oxygen atoms in total. The molecule has 1 aromatic rings. The van der Waals surface area contributed by atoms with Gasteiger partial charge in [0, 0.05) is 13.1 Å². The Morgan fingerprint density at radius 2 is 1.75 bits per heavy atom. The maximum atomic E-state index is 13.5. The number of benzene rings is 1. The second-order valence-electron chi connectivity index (χ2n) is 5.31. The van der Waals surface area contributed by atoms with Crippen molar-refractivity contribution in [1.82, 2.24) is 4.90 Å². The van der Waals surface area contributed by atoms with Crippen LogP contribution < -0.4 is 0 Å². The first-order valence-electron chi connectivity index (χ1n) is 6.92. The van der Waals surface area contributed by atoms with E-state index in [0.717, 1.165) is 31.7 Å². The van der Waals surface area contributed by atoms with E-state index in [9.17, 15) is 9.18 Å². The summed E-state index contributed by atoms with van der Waals surface area (Å²) < 4.78 is 13.5. The van der Waals surface area contributed by atoms with Gasteiger partial charge in [-0.15, -0.1) is 0 Å². The van der Waals surface area contributed by atoms with Gasteiger partial charge in [0.2, 0.25) is 0 Å². The Hall–Kier alpha value is -0.800. The molecule has 0 bridgehead atoms. The second-order valence-corrected chi connectivity index (χ2v) is 6.12. The standard InChI is InChI=1S/C15H18Cl2FNO/c1-19(10-6-4-2-3-5-7-10)15(20)11-8-14(18)13(17)9-12(11)16/h8-10H,2-7H2,1H3. The van der Waals surface area contributed by atoms with Crippen LogP contribution in [0.5, 0.6) is 0 Å². The summed E-state index contributed by atoms with van der Waals surface area (Å²) in [6, 6.07) is 2.62. The third-order valence-electron chi connectivity index (χ3n) is 3.93. The van der Waals surface area contributed by atoms with Gasteiger partial charge in [-0.1, -0.05) is 48.9 Å². The van der Waals surface area contributed by atoms with E-state index in [0.29, 0.717) is 0 Å². The molecule has 1 saturated carbocycles. The third kappa shape index (κ3) is 3.44. The Morgan fingerprint density at radius 3 is 2.35 bits per heavy atom. The summed E-state index contributed by atoms with van der Waals surface area (Å²) >= 11 is 11.7. The molecular formula is C15H18Cl2FNO. The molecule has 110 valence electrons. The van der Waals surface area contributed by atoms with Crippen molar-refractivity contribution in [1.29, 1.82) is 0 Å². The van der Waals surface area contributed by atoms with E-state index >= 15 is 0 Å². The van der Waals surface area contributed by atoms with Crippen LogP contribution in [0.1, 0.15) is 48.9 Å². The van der Waals surface area contributed by atoms with Crippen LogP contribution in [-0.2, 0) is 0 Å². The SMILES string of the molecule is CN(C(=O)c1cc(F)c(Cl)cc1Cl)C1CCCCCC1. The molecule has 1 aromatic carbocycles. The Bertz CT molecular complexity index is 499. The van der Waals surface area contributed by atoms with Gasteiger partial charge in [-0.05, 0) is 25.0 Å². The smallest absolute Gasteiger partial charge is 0.255 e. The van der Waals surface area contributed by atoms with Crippen molar-refractivity contribution in [2.45, 2.75) is 44.6 Å². The zero-order chi connectivity index (χ0) is 14.7. The van der Waals surface area contributed by atoms with Gasteiger partial charge in [0.15, 0.2) is 0 Å². The largest absolute Gasteiger partial charge is 0.339 e. The summed E-state index contributed by atoms with van der Waals surface area (Å²) in [5.41, 5.74) is 0.181. The summed E-state index contributed by atoms with van der Waals surface area (Å²) in [5.74, 6) is -0.855. The van der Waals surface area contributed by atoms with Crippen LogP contribution >= 0.6 is 23.2 Å². The minimum Gasteiger partial charge on any atom is -0.339 e. The van der Waals surface area contributed by atoms with Crippen molar-refractivity contribution in [3.05, 3.63) is 33.6 Å². The number of hydrogen-bond acceptors (Lipinski definition) is 1. The van der Waals surface area contributed by atoms with Crippen molar-refractivity contribution in [3.8, 4) is 0 Å². The summed E-state index contributed by atoms with van der Waals surface area (Å²) in [5, 5.41) is 0.130. The van der Waals surface area contributed by atoms with Gasteiger partial charge in [-0.25, -0.2) is 4.39 Å². The van der Waals surface area contributed by atoms with Gasteiger partial charge >= 0.3 is 0 Å². The molecule has 1 aliphatic rings. The Balaban J connectivity index is 2.19. The highest BCUT2D eigenvalue weighted by Gasteiger charge is 2.24. The van der Waals surface area contributed by atoms with E-state index in [-0.39, 0.29) is 27.6 Å². The molecule has 0 aromatic heterocycles. The lowest BCUT2D eigenvalue weighted by molar-refractivity contribution is 0.0717. The molecule has 5 heteroatoms. The number of amides is 1. The molecule has 0 saturated heterocycles. The van der Waals surface area contributed by atoms with Gasteiger partial charge in [-0.2, -0.15) is 0 Å². The monoisotopic (exact) mass is 317 g/mol. The number of carbonyl (C=O) groups is 1. The van der Waals surface area contributed by atoms with Crippen LogP contribution in [0.25, 0.3) is 0 Å². The lowest BCUT2D eigenvalue weighted by atomic mass is 10.1. The van der Waals surface area contributed by atoms with Crippen LogP contribution in [0.2, 0.25) is 10.0 Å². The molecule has 1 fully saturated rings. The van der Waals surface area contributed by atoms with Gasteiger partial charge in [0.25, 0.3) is 5.91 Å². The number of carbonyl (C=O) groups excluding carboxylic acids is 1. The summed E-state index contributed by atoms with van der Waals surface area (Å²) in [6.45, 7) is 0. The van der Waals surface area contributed by atoms with Crippen molar-refractivity contribution in [2.75, 3.05) is 7.05 Å². The van der Waals surface area contributed by atoms with E-state index in [2.05, 4.69) is 0 Å². The van der Waals surface area contributed by atoms with Crippen molar-refractivity contribution >= 4 is 29.1 Å². The minimum absolute atomic E-state index is 0.0660. The normalized spacial score (nSPS) is 16.8. The van der Waals surface area contributed by atoms with Crippen LogP contribution in [0.3, 0.4) is 0 Å². The first-order chi connectivity index (χ1) is 9.50. The van der Waals surface area contributed by atoms with Crippen LogP contribution in [0.4, 0.5) is 4.39 Å². The lowest BCUT2D eigenvalue weighted by Gasteiger charge is -2.27. The van der Waals surface area contributed by atoms with Gasteiger partial charge in [-0.3, -0.25) is 4.79 Å². The van der Waals surface area contributed by atoms with E-state index in [4.69, 9.17) is 23.2 Å². The van der Waals surface area contributed by atoms with E-state index < -0.39 is 5.82 Å². The summed E-state index contributed by atoms with van der Waals surface area (Å²) in [7, 11) is 1.77. The number of rotatable bonds is 2. The van der Waals surface area contributed by atoms with Gasteiger partial charge < -0.3 is 4.90 Å². The quantitative estimate of drug-likeness (QED) is 0.559. The van der Waals surface area contributed by atoms with Crippen LogP contribution in [0.15, 0.2) is 12.1 Å². The zero-order valence-electron chi connectivity index (χ0n) is 11.5. The van der Waals surface area contributed by atoms with Crippen molar-refractivity contribution < 1.29 is 9.18 Å². The highest BCUT2D eigenvalue weighted by atomic mass is 35.5. The highest BCUT2D eigenvalue weighted by Crippen LogP contribution is 2.27. The number of halogens is 3. The summed E-state index contributed by atoms with van der Waals surface area (Å²) in [4.78, 5) is 14.2. The molecule has 0 aliphatic heterocycles. The first kappa shape index (κ1) is 15.6. The predicted molar refractivity (Wildman–Crippen MR) is 80.0 cm³/mol. The maximum absolute atomic E-state index is 13.5. The molecule has 20 heavy (non-hydrogen) atoms. The fourth-order valence-electron chi connectivity index (χ4n) is 2.69. The topological polar surface area (TPSA) is 20.3 Å². The molecule has 0 atom stereocenters. The maximum Gasteiger partial charge on any atom is 0.255 e. The summed E-state index contributed by atoms with van der Waals surface area (Å²) in [6.07, 6.45) is 6.69. The van der Waals surface area contributed by atoms with Crippen molar-refractivity contribution in [3.63, 3.8) is 0 Å². The molecule has 0 unspecified atom stereocenters. The average Bonchev–Trinajstić information content (AvgIpc) is 2.70. The molecule has 1 aliphatic carbocycles.